The Bertz CT molecular complexity index is 732. The van der Waals surface area contributed by atoms with E-state index >= 15 is 0 Å². The molecule has 0 saturated carbocycles. The predicted molar refractivity (Wildman–Crippen MR) is 81.3 cm³/mol. The van der Waals surface area contributed by atoms with Gasteiger partial charge in [0, 0.05) is 6.20 Å². The fourth-order valence-corrected chi connectivity index (χ4v) is 2.49. The van der Waals surface area contributed by atoms with Crippen molar-refractivity contribution in [2.24, 2.45) is 5.73 Å². The minimum Gasteiger partial charge on any atom is -0.322 e. The van der Waals surface area contributed by atoms with Gasteiger partial charge in [-0.3, -0.25) is 0 Å². The van der Waals surface area contributed by atoms with Gasteiger partial charge in [0.05, 0.1) is 11.7 Å². The lowest BCUT2D eigenvalue weighted by atomic mass is 9.98. The summed E-state index contributed by atoms with van der Waals surface area (Å²) in [6.07, 6.45) is 2.54. The Morgan fingerprint density at radius 1 is 1.05 bits per heavy atom. The van der Waals surface area contributed by atoms with Crippen molar-refractivity contribution in [3.8, 4) is 0 Å². The maximum Gasteiger partial charge on any atom is 0.125 e. The lowest BCUT2D eigenvalue weighted by Gasteiger charge is -2.13. The molecular formula is C17H17N3. The molecule has 1 atom stereocenters. The molecule has 0 saturated heterocycles. The molecule has 0 bridgehead atoms. The van der Waals surface area contributed by atoms with Gasteiger partial charge in [0.1, 0.15) is 5.82 Å². The summed E-state index contributed by atoms with van der Waals surface area (Å²) in [6.45, 7) is 1.88. The number of hydrogen-bond donors (Lipinski definition) is 1. The summed E-state index contributed by atoms with van der Waals surface area (Å²) < 4.78 is 0. The predicted octanol–water partition coefficient (Wildman–Crippen LogP) is 3.18. The highest BCUT2D eigenvalue weighted by atomic mass is 14.9. The Labute approximate surface area is 118 Å². The molecule has 1 unspecified atom stereocenters. The minimum absolute atomic E-state index is 0.109. The summed E-state index contributed by atoms with van der Waals surface area (Å²) in [5.74, 6) is 0.760. The average Bonchev–Trinajstić information content (AvgIpc) is 2.47. The summed E-state index contributed by atoms with van der Waals surface area (Å²) in [5.41, 5.74) is 8.45. The van der Waals surface area contributed by atoms with Gasteiger partial charge in [0.25, 0.3) is 0 Å². The standard InChI is InChI=1S/C17H17N3/c1-12-19-10-9-17(20-12)16(18)11-14-7-4-6-13-5-2-3-8-15(13)14/h2-10,16H,11,18H2,1H3. The molecule has 3 aromatic rings. The minimum atomic E-state index is -0.109. The summed E-state index contributed by atoms with van der Waals surface area (Å²) in [6, 6.07) is 16.5. The molecule has 20 heavy (non-hydrogen) atoms. The van der Waals surface area contributed by atoms with Crippen molar-refractivity contribution in [2.75, 3.05) is 0 Å². The lowest BCUT2D eigenvalue weighted by molar-refractivity contribution is 0.691. The Morgan fingerprint density at radius 2 is 1.85 bits per heavy atom. The van der Waals surface area contributed by atoms with E-state index in [0.717, 1.165) is 17.9 Å². The van der Waals surface area contributed by atoms with Gasteiger partial charge in [0.15, 0.2) is 0 Å². The summed E-state index contributed by atoms with van der Waals surface area (Å²) in [4.78, 5) is 8.53. The molecule has 2 N–H and O–H groups in total. The number of fused-ring (bicyclic) bond motifs is 1. The van der Waals surface area contributed by atoms with Crippen LogP contribution < -0.4 is 5.73 Å². The number of rotatable bonds is 3. The molecule has 100 valence electrons. The number of hydrogen-bond acceptors (Lipinski definition) is 3. The summed E-state index contributed by atoms with van der Waals surface area (Å²) >= 11 is 0. The molecule has 0 amide bonds. The largest absolute Gasteiger partial charge is 0.322 e. The molecular weight excluding hydrogens is 246 g/mol. The normalized spacial score (nSPS) is 12.5. The van der Waals surface area contributed by atoms with Gasteiger partial charge < -0.3 is 5.73 Å². The second-order valence-corrected chi connectivity index (χ2v) is 4.98. The van der Waals surface area contributed by atoms with E-state index in [4.69, 9.17) is 5.73 Å². The van der Waals surface area contributed by atoms with Crippen LogP contribution in [-0.4, -0.2) is 9.97 Å². The highest BCUT2D eigenvalue weighted by Gasteiger charge is 2.10. The second kappa shape index (κ2) is 5.39. The zero-order chi connectivity index (χ0) is 13.9. The molecule has 0 aliphatic carbocycles. The topological polar surface area (TPSA) is 51.8 Å². The number of nitrogens with two attached hydrogens (primary N) is 1. The van der Waals surface area contributed by atoms with E-state index in [1.807, 2.05) is 13.0 Å². The van der Waals surface area contributed by atoms with Crippen molar-refractivity contribution >= 4 is 10.8 Å². The maximum atomic E-state index is 6.30. The molecule has 0 aliphatic rings. The molecule has 3 rings (SSSR count). The van der Waals surface area contributed by atoms with Crippen LogP contribution in [0.25, 0.3) is 10.8 Å². The first-order valence-electron chi connectivity index (χ1n) is 6.76. The zero-order valence-electron chi connectivity index (χ0n) is 11.5. The third kappa shape index (κ3) is 2.53. The van der Waals surface area contributed by atoms with Gasteiger partial charge in [-0.15, -0.1) is 0 Å². The average molecular weight is 263 g/mol. The van der Waals surface area contributed by atoms with Crippen LogP contribution in [0.5, 0.6) is 0 Å². The van der Waals surface area contributed by atoms with Crippen molar-refractivity contribution in [1.29, 1.82) is 0 Å². The second-order valence-electron chi connectivity index (χ2n) is 4.98. The van der Waals surface area contributed by atoms with E-state index < -0.39 is 0 Å². The van der Waals surface area contributed by atoms with E-state index in [0.29, 0.717) is 0 Å². The molecule has 0 spiro atoms. The van der Waals surface area contributed by atoms with E-state index in [1.54, 1.807) is 6.20 Å². The van der Waals surface area contributed by atoms with Gasteiger partial charge in [-0.2, -0.15) is 0 Å². The third-order valence-corrected chi connectivity index (χ3v) is 3.50. The summed E-state index contributed by atoms with van der Waals surface area (Å²) in [5, 5.41) is 2.51. The van der Waals surface area contributed by atoms with Crippen LogP contribution in [0, 0.1) is 6.92 Å². The van der Waals surface area contributed by atoms with Crippen molar-refractivity contribution in [1.82, 2.24) is 9.97 Å². The van der Waals surface area contributed by atoms with E-state index in [-0.39, 0.29) is 6.04 Å². The number of aromatic nitrogens is 2. The molecule has 0 fully saturated rings. The van der Waals surface area contributed by atoms with Crippen LogP contribution in [0.3, 0.4) is 0 Å². The maximum absolute atomic E-state index is 6.30. The van der Waals surface area contributed by atoms with Crippen molar-refractivity contribution in [2.45, 2.75) is 19.4 Å². The van der Waals surface area contributed by atoms with Gasteiger partial charge >= 0.3 is 0 Å². The zero-order valence-corrected chi connectivity index (χ0v) is 11.5. The van der Waals surface area contributed by atoms with Crippen molar-refractivity contribution < 1.29 is 0 Å². The lowest BCUT2D eigenvalue weighted by Crippen LogP contribution is -2.15. The van der Waals surface area contributed by atoms with Crippen LogP contribution in [0.1, 0.15) is 23.1 Å². The fraction of sp³-hybridized carbons (Fsp3) is 0.176. The molecule has 2 aromatic carbocycles. The van der Waals surface area contributed by atoms with Crippen LogP contribution in [0.4, 0.5) is 0 Å². The smallest absolute Gasteiger partial charge is 0.125 e. The highest BCUT2D eigenvalue weighted by Crippen LogP contribution is 2.22. The van der Waals surface area contributed by atoms with Gasteiger partial charge in [-0.25, -0.2) is 9.97 Å². The Hall–Kier alpha value is -2.26. The van der Waals surface area contributed by atoms with Crippen molar-refractivity contribution in [3.05, 3.63) is 71.8 Å². The molecule has 0 radical (unpaired) electrons. The van der Waals surface area contributed by atoms with Crippen LogP contribution in [0.15, 0.2) is 54.7 Å². The SMILES string of the molecule is Cc1nccc(C(N)Cc2cccc3ccccc23)n1. The first-order valence-corrected chi connectivity index (χ1v) is 6.76. The first-order chi connectivity index (χ1) is 9.74. The third-order valence-electron chi connectivity index (χ3n) is 3.50. The quantitative estimate of drug-likeness (QED) is 0.789. The van der Waals surface area contributed by atoms with Crippen LogP contribution >= 0.6 is 0 Å². The van der Waals surface area contributed by atoms with Crippen LogP contribution in [0.2, 0.25) is 0 Å². The Kier molecular flexibility index (Phi) is 3.44. The van der Waals surface area contributed by atoms with Gasteiger partial charge in [-0.1, -0.05) is 42.5 Å². The van der Waals surface area contributed by atoms with E-state index in [9.17, 15) is 0 Å². The highest BCUT2D eigenvalue weighted by molar-refractivity contribution is 5.85. The van der Waals surface area contributed by atoms with E-state index in [1.165, 1.54) is 16.3 Å². The molecule has 3 heteroatoms. The molecule has 3 nitrogen and oxygen atoms in total. The van der Waals surface area contributed by atoms with Gasteiger partial charge in [0.2, 0.25) is 0 Å². The molecule has 1 aromatic heterocycles. The molecule has 1 heterocycles. The van der Waals surface area contributed by atoms with Crippen LogP contribution in [-0.2, 0) is 6.42 Å². The van der Waals surface area contributed by atoms with Crippen molar-refractivity contribution in [3.63, 3.8) is 0 Å². The number of aryl methyl sites for hydroxylation is 1. The first kappa shape index (κ1) is 12.8. The van der Waals surface area contributed by atoms with E-state index in [2.05, 4.69) is 52.4 Å². The Morgan fingerprint density at radius 3 is 2.70 bits per heavy atom. The number of nitrogens with zero attached hydrogens (tertiary/aromatic N) is 2. The molecule has 0 aliphatic heterocycles. The Balaban J connectivity index is 1.93. The monoisotopic (exact) mass is 263 g/mol. The summed E-state index contributed by atoms with van der Waals surface area (Å²) in [7, 11) is 0. The van der Waals surface area contributed by atoms with Gasteiger partial charge in [-0.05, 0) is 35.7 Å². The fourth-order valence-electron chi connectivity index (χ4n) is 2.49. The number of benzene rings is 2.